The lowest BCUT2D eigenvalue weighted by molar-refractivity contribution is 0.750. The number of aromatic nitrogens is 2. The van der Waals surface area contributed by atoms with Crippen molar-refractivity contribution in [1.82, 2.24) is 9.78 Å². The van der Waals surface area contributed by atoms with E-state index in [0.29, 0.717) is 15.9 Å². The number of hydrogen-bond donors (Lipinski definition) is 0. The third-order valence-corrected chi connectivity index (χ3v) is 3.98. The highest BCUT2D eigenvalue weighted by atomic mass is 79.9. The van der Waals surface area contributed by atoms with Gasteiger partial charge >= 0.3 is 0 Å². The number of rotatable bonds is 3. The molecule has 0 aliphatic heterocycles. The van der Waals surface area contributed by atoms with Crippen molar-refractivity contribution >= 4 is 50.9 Å². The predicted octanol–water partition coefficient (Wildman–Crippen LogP) is 4.70. The van der Waals surface area contributed by atoms with Gasteiger partial charge in [0.05, 0.1) is 21.6 Å². The Balaban J connectivity index is 2.07. The fraction of sp³-hybridized carbons (Fsp3) is 0.100. The van der Waals surface area contributed by atoms with Crippen LogP contribution in [0.25, 0.3) is 0 Å². The molecule has 0 aliphatic rings. The lowest BCUT2D eigenvalue weighted by Gasteiger charge is -2.04. The maximum Gasteiger partial charge on any atom is 0.0910 e. The van der Waals surface area contributed by atoms with Gasteiger partial charge in [0.25, 0.3) is 0 Å². The van der Waals surface area contributed by atoms with Crippen LogP contribution in [0.3, 0.4) is 0 Å². The minimum Gasteiger partial charge on any atom is -0.261 e. The van der Waals surface area contributed by atoms with Crippen LogP contribution in [-0.2, 0) is 5.88 Å². The molecule has 2 aromatic rings. The second kappa shape index (κ2) is 5.45. The number of halogens is 3. The largest absolute Gasteiger partial charge is 0.261 e. The van der Waals surface area contributed by atoms with E-state index in [9.17, 15) is 0 Å². The average molecular weight is 338 g/mol. The van der Waals surface area contributed by atoms with Crippen LogP contribution < -0.4 is 0 Å². The van der Waals surface area contributed by atoms with Crippen LogP contribution in [0.5, 0.6) is 0 Å². The molecule has 0 amide bonds. The second-order valence-electron chi connectivity index (χ2n) is 3.05. The minimum absolute atomic E-state index is 0.688. The minimum atomic E-state index is 0.688. The molecule has 0 saturated carbocycles. The summed E-state index contributed by atoms with van der Waals surface area (Å²) in [6.45, 7) is 0. The Hall–Kier alpha value is -0.160. The van der Waals surface area contributed by atoms with Crippen LogP contribution >= 0.6 is 50.9 Å². The molecule has 0 fully saturated rings. The SMILES string of the molecule is Clc1ccc(Cl)c(SCn2cc(Br)cn2)c1. The lowest BCUT2D eigenvalue weighted by Crippen LogP contribution is -1.93. The van der Waals surface area contributed by atoms with Gasteiger partial charge in [-0.15, -0.1) is 11.8 Å². The van der Waals surface area contributed by atoms with Crippen molar-refractivity contribution in [3.63, 3.8) is 0 Å². The highest BCUT2D eigenvalue weighted by molar-refractivity contribution is 9.10. The summed E-state index contributed by atoms with van der Waals surface area (Å²) in [6.07, 6.45) is 3.66. The van der Waals surface area contributed by atoms with Gasteiger partial charge in [0, 0.05) is 16.1 Å². The Morgan fingerprint density at radius 3 is 2.88 bits per heavy atom. The van der Waals surface area contributed by atoms with Crippen LogP contribution in [0.15, 0.2) is 40.0 Å². The highest BCUT2D eigenvalue weighted by Gasteiger charge is 2.03. The molecule has 1 aromatic heterocycles. The molecule has 0 bridgehead atoms. The summed E-state index contributed by atoms with van der Waals surface area (Å²) in [5.41, 5.74) is 0. The van der Waals surface area contributed by atoms with Crippen LogP contribution in [0.2, 0.25) is 10.0 Å². The molecule has 16 heavy (non-hydrogen) atoms. The average Bonchev–Trinajstić information content (AvgIpc) is 2.66. The third-order valence-electron chi connectivity index (χ3n) is 1.85. The van der Waals surface area contributed by atoms with Crippen molar-refractivity contribution in [1.29, 1.82) is 0 Å². The van der Waals surface area contributed by atoms with E-state index in [1.807, 2.05) is 16.9 Å². The van der Waals surface area contributed by atoms with Crippen LogP contribution in [-0.4, -0.2) is 9.78 Å². The molecule has 0 aliphatic carbocycles. The Morgan fingerprint density at radius 1 is 1.38 bits per heavy atom. The quantitative estimate of drug-likeness (QED) is 0.755. The number of benzene rings is 1. The van der Waals surface area contributed by atoms with E-state index in [4.69, 9.17) is 23.2 Å². The summed E-state index contributed by atoms with van der Waals surface area (Å²) < 4.78 is 2.79. The topological polar surface area (TPSA) is 17.8 Å². The van der Waals surface area contributed by atoms with Crippen molar-refractivity contribution in [2.45, 2.75) is 10.8 Å². The monoisotopic (exact) mass is 336 g/mol. The standard InChI is InChI=1S/C10H7BrCl2N2S/c11-7-4-14-15(5-7)6-16-10-3-8(12)1-2-9(10)13/h1-5H,6H2. The van der Waals surface area contributed by atoms with E-state index in [2.05, 4.69) is 21.0 Å². The van der Waals surface area contributed by atoms with E-state index in [-0.39, 0.29) is 0 Å². The summed E-state index contributed by atoms with van der Waals surface area (Å²) >= 11 is 16.9. The van der Waals surface area contributed by atoms with Crippen molar-refractivity contribution in [2.75, 3.05) is 0 Å². The van der Waals surface area contributed by atoms with Crippen molar-refractivity contribution in [3.8, 4) is 0 Å². The number of thioether (sulfide) groups is 1. The van der Waals surface area contributed by atoms with Gasteiger partial charge in [0.1, 0.15) is 0 Å². The zero-order valence-electron chi connectivity index (χ0n) is 8.03. The van der Waals surface area contributed by atoms with Gasteiger partial charge in [-0.3, -0.25) is 4.68 Å². The number of hydrogen-bond acceptors (Lipinski definition) is 2. The van der Waals surface area contributed by atoms with E-state index >= 15 is 0 Å². The third kappa shape index (κ3) is 3.17. The molecule has 6 heteroatoms. The van der Waals surface area contributed by atoms with Gasteiger partial charge in [-0.25, -0.2) is 0 Å². The predicted molar refractivity (Wildman–Crippen MR) is 72.2 cm³/mol. The molecule has 0 unspecified atom stereocenters. The first-order chi connectivity index (χ1) is 7.65. The zero-order chi connectivity index (χ0) is 11.5. The van der Waals surface area contributed by atoms with Gasteiger partial charge in [0.2, 0.25) is 0 Å². The lowest BCUT2D eigenvalue weighted by atomic mass is 10.4. The summed E-state index contributed by atoms with van der Waals surface area (Å²) in [7, 11) is 0. The van der Waals surface area contributed by atoms with E-state index < -0.39 is 0 Å². The van der Waals surface area contributed by atoms with Gasteiger partial charge in [-0.05, 0) is 34.1 Å². The van der Waals surface area contributed by atoms with E-state index in [1.54, 1.807) is 30.1 Å². The number of nitrogens with zero attached hydrogens (tertiary/aromatic N) is 2. The summed E-state index contributed by atoms with van der Waals surface area (Å²) in [6, 6.07) is 5.43. The highest BCUT2D eigenvalue weighted by Crippen LogP contribution is 2.30. The Labute approximate surface area is 116 Å². The molecular formula is C10H7BrCl2N2S. The fourth-order valence-corrected chi connectivity index (χ4v) is 2.81. The van der Waals surface area contributed by atoms with Crippen molar-refractivity contribution < 1.29 is 0 Å². The second-order valence-corrected chi connectivity index (χ2v) is 5.79. The van der Waals surface area contributed by atoms with Gasteiger partial charge in [0.15, 0.2) is 0 Å². The first-order valence-corrected chi connectivity index (χ1v) is 6.94. The Morgan fingerprint density at radius 2 is 2.19 bits per heavy atom. The first-order valence-electron chi connectivity index (χ1n) is 4.41. The smallest absolute Gasteiger partial charge is 0.0910 e. The molecule has 0 radical (unpaired) electrons. The first kappa shape index (κ1) is 12.3. The molecular weight excluding hydrogens is 331 g/mol. The Bertz CT molecular complexity index is 501. The van der Waals surface area contributed by atoms with Crippen molar-refractivity contribution in [2.24, 2.45) is 0 Å². The maximum atomic E-state index is 6.05. The molecule has 1 aromatic carbocycles. The van der Waals surface area contributed by atoms with Gasteiger partial charge < -0.3 is 0 Å². The molecule has 0 atom stereocenters. The molecule has 2 nitrogen and oxygen atoms in total. The molecule has 0 spiro atoms. The zero-order valence-corrected chi connectivity index (χ0v) is 11.9. The van der Waals surface area contributed by atoms with Crippen LogP contribution in [0.4, 0.5) is 0 Å². The Kier molecular flexibility index (Phi) is 4.19. The summed E-state index contributed by atoms with van der Waals surface area (Å²) in [4.78, 5) is 0.959. The fourth-order valence-electron chi connectivity index (χ4n) is 1.13. The molecule has 1 heterocycles. The van der Waals surface area contributed by atoms with E-state index in [0.717, 1.165) is 9.37 Å². The molecule has 0 saturated heterocycles. The van der Waals surface area contributed by atoms with Crippen LogP contribution in [0, 0.1) is 0 Å². The van der Waals surface area contributed by atoms with Gasteiger partial charge in [-0.2, -0.15) is 5.10 Å². The van der Waals surface area contributed by atoms with Crippen molar-refractivity contribution in [3.05, 3.63) is 45.1 Å². The van der Waals surface area contributed by atoms with Gasteiger partial charge in [-0.1, -0.05) is 23.2 Å². The maximum absolute atomic E-state index is 6.05. The van der Waals surface area contributed by atoms with Crippen LogP contribution in [0.1, 0.15) is 0 Å². The molecule has 2 rings (SSSR count). The molecule has 0 N–H and O–H groups in total. The normalized spacial score (nSPS) is 10.7. The molecule has 84 valence electrons. The summed E-state index contributed by atoms with van der Waals surface area (Å²) in [5, 5.41) is 5.55. The van der Waals surface area contributed by atoms with E-state index in [1.165, 1.54) is 0 Å². The summed E-state index contributed by atoms with van der Waals surface area (Å²) in [5.74, 6) is 0.700.